The number of amides is 4. The van der Waals surface area contributed by atoms with Crippen molar-refractivity contribution in [1.82, 2.24) is 30.1 Å². The van der Waals surface area contributed by atoms with E-state index in [0.717, 1.165) is 16.5 Å². The molecule has 0 saturated carbocycles. The van der Waals surface area contributed by atoms with Gasteiger partial charge in [0, 0.05) is 67.8 Å². The summed E-state index contributed by atoms with van der Waals surface area (Å²) in [5.41, 5.74) is 7.31. The first-order valence-corrected chi connectivity index (χ1v) is 23.7. The number of nitrogens with zero attached hydrogens (tertiary/aromatic N) is 5. The van der Waals surface area contributed by atoms with Crippen LogP contribution < -0.4 is 10.7 Å². The van der Waals surface area contributed by atoms with E-state index in [2.05, 4.69) is 33.5 Å². The van der Waals surface area contributed by atoms with Crippen molar-refractivity contribution in [3.63, 3.8) is 0 Å². The third-order valence-corrected chi connectivity index (χ3v) is 13.2. The highest BCUT2D eigenvalue weighted by Gasteiger charge is 2.40. The SMILES string of the molecule is C=CC(=O)N1CCC(C(=O)N(C)[C@H](C(=O)N[C@H]2Cc3cc(O)cc(c3)-c3ccc4c(c3)c(c(/C(C=C)=C(/N=CC)[C@H](C)OC(F)F)n4CC)CC(C)(C)COC(=O)[C@@H]3CCCN(N3)C2=O)C(C)C)C1. The zero-order valence-corrected chi connectivity index (χ0v) is 41.0. The topological polar surface area (TPSA) is 175 Å². The highest BCUT2D eigenvalue weighted by molar-refractivity contribution is 5.96. The number of phenolic OH excluding ortho intramolecular Hbond substituents is 1. The molecule has 2 fully saturated rings. The summed E-state index contributed by atoms with van der Waals surface area (Å²) in [7, 11) is 1.55. The molecule has 6 rings (SSSR count). The molecule has 6 bridgehead atoms. The van der Waals surface area contributed by atoms with Gasteiger partial charge in [-0.25, -0.2) is 5.43 Å². The molecular weight excluding hydrogens is 889 g/mol. The number of nitrogens with one attached hydrogen (secondary N) is 2. The van der Waals surface area contributed by atoms with Crippen LogP contribution in [0, 0.1) is 17.3 Å². The maximum atomic E-state index is 14.7. The third kappa shape index (κ3) is 11.6. The van der Waals surface area contributed by atoms with Crippen LogP contribution in [0.4, 0.5) is 8.78 Å². The molecule has 0 aliphatic carbocycles. The van der Waals surface area contributed by atoms with Crippen molar-refractivity contribution in [2.45, 2.75) is 118 Å². The molecule has 1 unspecified atom stereocenters. The fourth-order valence-electron chi connectivity index (χ4n) is 9.99. The number of phenols is 1. The van der Waals surface area contributed by atoms with Crippen molar-refractivity contribution < 1.29 is 47.3 Å². The van der Waals surface area contributed by atoms with Gasteiger partial charge in [-0.1, -0.05) is 59.1 Å². The fourth-order valence-corrected chi connectivity index (χ4v) is 9.99. The minimum atomic E-state index is -3.05. The number of rotatable bonds is 13. The molecule has 1 aromatic heterocycles. The van der Waals surface area contributed by atoms with Gasteiger partial charge in [0.1, 0.15) is 30.0 Å². The second kappa shape index (κ2) is 22.0. The van der Waals surface area contributed by atoms with Gasteiger partial charge in [0.05, 0.1) is 23.9 Å². The lowest BCUT2D eigenvalue weighted by Gasteiger charge is -2.37. The molecule has 4 heterocycles. The first kappa shape index (κ1) is 52.2. The van der Waals surface area contributed by atoms with Crippen molar-refractivity contribution in [2.75, 3.05) is 33.3 Å². The maximum absolute atomic E-state index is 14.7. The van der Waals surface area contributed by atoms with Crippen molar-refractivity contribution >= 4 is 52.3 Å². The first-order valence-electron chi connectivity index (χ1n) is 23.7. The number of esters is 1. The Balaban J connectivity index is 1.47. The van der Waals surface area contributed by atoms with E-state index in [4.69, 9.17) is 9.47 Å². The van der Waals surface area contributed by atoms with Crippen molar-refractivity contribution in [3.05, 3.63) is 84.2 Å². The molecule has 0 radical (unpaired) electrons. The number of hydrazine groups is 1. The minimum absolute atomic E-state index is 0.0191. The average molecular weight is 956 g/mol. The van der Waals surface area contributed by atoms with Crippen LogP contribution in [0.25, 0.3) is 27.6 Å². The van der Waals surface area contributed by atoms with Crippen molar-refractivity contribution in [3.8, 4) is 16.9 Å². The predicted octanol–water partition coefficient (Wildman–Crippen LogP) is 6.82. The molecule has 372 valence electrons. The Morgan fingerprint density at radius 3 is 2.46 bits per heavy atom. The van der Waals surface area contributed by atoms with E-state index >= 15 is 0 Å². The second-order valence-corrected chi connectivity index (χ2v) is 19.3. The lowest BCUT2D eigenvalue weighted by molar-refractivity contribution is -0.155. The van der Waals surface area contributed by atoms with Crippen LogP contribution in [-0.2, 0) is 52.8 Å². The van der Waals surface area contributed by atoms with Crippen LogP contribution in [0.15, 0.2) is 72.4 Å². The van der Waals surface area contributed by atoms with E-state index in [1.165, 1.54) is 35.2 Å². The molecule has 5 atom stereocenters. The molecule has 15 nitrogen and oxygen atoms in total. The number of cyclic esters (lactones) is 1. The second-order valence-electron chi connectivity index (χ2n) is 19.3. The summed E-state index contributed by atoms with van der Waals surface area (Å²) in [6, 6.07) is 7.74. The first-order chi connectivity index (χ1) is 32.7. The summed E-state index contributed by atoms with van der Waals surface area (Å²) in [4.78, 5) is 76.9. The van der Waals surface area contributed by atoms with Crippen molar-refractivity contribution in [2.24, 2.45) is 22.2 Å². The summed E-state index contributed by atoms with van der Waals surface area (Å²) in [5, 5.41) is 16.4. The molecule has 3 N–H and O–H groups in total. The number of carbonyl (C=O) groups is 5. The monoisotopic (exact) mass is 956 g/mol. The van der Waals surface area contributed by atoms with Gasteiger partial charge in [-0.2, -0.15) is 8.78 Å². The molecule has 2 aromatic carbocycles. The maximum Gasteiger partial charge on any atom is 0.345 e. The summed E-state index contributed by atoms with van der Waals surface area (Å²) in [6.07, 6.45) is 4.75. The van der Waals surface area contributed by atoms with Crippen molar-refractivity contribution in [1.29, 1.82) is 0 Å². The average Bonchev–Trinajstić information content (AvgIpc) is 3.92. The van der Waals surface area contributed by atoms with Gasteiger partial charge in [0.25, 0.3) is 5.91 Å². The number of aromatic nitrogens is 1. The van der Waals surface area contributed by atoms with Crippen LogP contribution in [-0.4, -0.2) is 124 Å². The zero-order valence-electron chi connectivity index (χ0n) is 41.0. The fraction of sp³-hybridized carbons (Fsp3) is 0.500. The van der Waals surface area contributed by atoms with Gasteiger partial charge in [-0.15, -0.1) is 0 Å². The number of likely N-dealkylation sites (tertiary alicyclic amines) is 1. The Bertz CT molecular complexity index is 2530. The number of ether oxygens (including phenoxy) is 2. The molecule has 4 amide bonds. The summed E-state index contributed by atoms with van der Waals surface area (Å²) >= 11 is 0. The van der Waals surface area contributed by atoms with Gasteiger partial charge in [-0.05, 0) is 105 Å². The number of hydrogen-bond donors (Lipinski definition) is 3. The van der Waals surface area contributed by atoms with Crippen LogP contribution >= 0.6 is 0 Å². The van der Waals surface area contributed by atoms with Gasteiger partial charge in [0.15, 0.2) is 0 Å². The van der Waals surface area contributed by atoms with E-state index in [0.29, 0.717) is 66.7 Å². The summed E-state index contributed by atoms with van der Waals surface area (Å²) in [6.45, 7) is 18.6. The van der Waals surface area contributed by atoms with E-state index < -0.39 is 60.0 Å². The number of benzene rings is 2. The number of aryl methyl sites for hydroxylation is 1. The standard InChI is InChI=1S/C52H67F2N7O8/c1-11-37(44(55-13-3)31(7)69-51(53)54)46-39-27-52(8,9)29-68-50(67)40-16-15-20-61(57-40)49(66)41(24-32-22-35(25-36(62)23-32)33-17-18-42(38(39)26-33)60(46)14-4)56-47(64)45(30(5)6)58(10)48(65)34-19-21-59(28-34)43(63)12-2/h11-13,17-18,22-23,25-26,30-31,34,40-41,45,51,57,62H,1-2,14-16,19-21,24,27-29H2,3-10H3,(H,56,64)/b44-37+,55-13?/t31-,34?,40-,41-,45-/m0/s1. The molecule has 3 aliphatic rings. The van der Waals surface area contributed by atoms with Crippen LogP contribution in [0.2, 0.25) is 0 Å². The molecule has 3 aromatic rings. The molecule has 0 spiro atoms. The quantitative estimate of drug-likeness (QED) is 0.0720. The predicted molar refractivity (Wildman–Crippen MR) is 261 cm³/mol. The number of carbonyl (C=O) groups excluding carboxylic acids is 5. The normalized spacial score (nSPS) is 21.2. The Labute approximate surface area is 403 Å². The number of hydrogen-bond acceptors (Lipinski definition) is 10. The Hall–Kier alpha value is -6.20. The minimum Gasteiger partial charge on any atom is -0.508 e. The van der Waals surface area contributed by atoms with E-state index in [1.54, 1.807) is 31.0 Å². The Morgan fingerprint density at radius 1 is 1.07 bits per heavy atom. The Kier molecular flexibility index (Phi) is 16.7. The number of alkyl halides is 2. The number of aliphatic imine (C=N–C) groups is 1. The van der Waals surface area contributed by atoms with Crippen LogP contribution in [0.3, 0.4) is 0 Å². The third-order valence-electron chi connectivity index (χ3n) is 13.2. The smallest absolute Gasteiger partial charge is 0.345 e. The van der Waals surface area contributed by atoms with Crippen LogP contribution in [0.1, 0.15) is 84.5 Å². The number of halogens is 2. The van der Waals surface area contributed by atoms with Crippen LogP contribution in [0.5, 0.6) is 5.75 Å². The van der Waals surface area contributed by atoms with Gasteiger partial charge >= 0.3 is 12.6 Å². The number of likely N-dealkylation sites (N-methyl/N-ethyl adjacent to an activating group) is 1. The highest BCUT2D eigenvalue weighted by Crippen LogP contribution is 2.41. The van der Waals surface area contributed by atoms with Gasteiger partial charge in [-0.3, -0.25) is 34.0 Å². The summed E-state index contributed by atoms with van der Waals surface area (Å²) in [5.74, 6) is -3.23. The highest BCUT2D eigenvalue weighted by atomic mass is 19.3. The lowest BCUT2D eigenvalue weighted by Crippen LogP contribution is -2.62. The molecule has 69 heavy (non-hydrogen) atoms. The Morgan fingerprint density at radius 2 is 1.81 bits per heavy atom. The summed E-state index contributed by atoms with van der Waals surface area (Å²) < 4.78 is 40.5. The van der Waals surface area contributed by atoms with E-state index in [1.807, 2.05) is 58.9 Å². The van der Waals surface area contributed by atoms with Gasteiger partial charge in [0.2, 0.25) is 17.7 Å². The molecule has 17 heteroatoms. The van der Waals surface area contributed by atoms with E-state index in [9.17, 15) is 37.9 Å². The lowest BCUT2D eigenvalue weighted by atomic mass is 9.84. The molecular formula is C52H67F2N7O8. The van der Waals surface area contributed by atoms with E-state index in [-0.39, 0.29) is 55.3 Å². The number of allylic oxidation sites excluding steroid dienone is 2. The van der Waals surface area contributed by atoms with Gasteiger partial charge < -0.3 is 34.3 Å². The largest absolute Gasteiger partial charge is 0.508 e. The zero-order chi connectivity index (χ0) is 50.5. The number of aromatic hydroxyl groups is 1. The molecule has 2 saturated heterocycles. The molecule has 3 aliphatic heterocycles. The number of fused-ring (bicyclic) bond motifs is 6.